The van der Waals surface area contributed by atoms with Crippen molar-refractivity contribution < 1.29 is 28.4 Å². The molecule has 1 aromatic heterocycles. The van der Waals surface area contributed by atoms with Crippen molar-refractivity contribution in [2.45, 2.75) is 13.0 Å². The van der Waals surface area contributed by atoms with Gasteiger partial charge in [-0.15, -0.1) is 0 Å². The van der Waals surface area contributed by atoms with Crippen LogP contribution in [0.1, 0.15) is 5.56 Å². The van der Waals surface area contributed by atoms with Crippen LogP contribution in [-0.4, -0.2) is 47.2 Å². The van der Waals surface area contributed by atoms with E-state index in [4.69, 9.17) is 28.4 Å². The minimum Gasteiger partial charge on any atom is -0.493 e. The van der Waals surface area contributed by atoms with Crippen LogP contribution in [0.3, 0.4) is 0 Å². The first-order valence-corrected chi connectivity index (χ1v) is 11.8. The fraction of sp³-hybridized carbons (Fsp3) is 0.276. The smallest absolute Gasteiger partial charge is 0.259 e. The number of rotatable bonds is 7. The van der Waals surface area contributed by atoms with Gasteiger partial charge in [-0.1, -0.05) is 6.07 Å². The number of hydrogen-bond donors (Lipinski definition) is 0. The second-order valence-electron chi connectivity index (χ2n) is 8.62. The number of aryl methyl sites for hydroxylation is 1. The third kappa shape index (κ3) is 3.80. The Labute approximate surface area is 214 Å². The van der Waals surface area contributed by atoms with Crippen LogP contribution in [0.2, 0.25) is 0 Å². The van der Waals surface area contributed by atoms with Crippen molar-refractivity contribution in [1.29, 1.82) is 0 Å². The molecule has 2 heterocycles. The maximum Gasteiger partial charge on any atom is 0.259 e. The molecule has 0 aliphatic carbocycles. The van der Waals surface area contributed by atoms with Crippen molar-refractivity contribution in [2.75, 3.05) is 42.7 Å². The molecule has 8 nitrogen and oxygen atoms in total. The average Bonchev–Trinajstić information content (AvgIpc) is 2.95. The standard InChI is InChI=1S/C29H29NO7/c1-32-21-8-7-17(12-22(21)33-2)27-19-14-25(36-5)26(37-6)15-20(19)29(31)30-10-9-16-11-23(34-3)24(35-4)13-18(16)28(27)30/h7-8,11-15H,9-10H2,1-6H3. The van der Waals surface area contributed by atoms with Crippen LogP contribution in [-0.2, 0) is 13.0 Å². The summed E-state index contributed by atoms with van der Waals surface area (Å²) in [5.41, 5.74) is 4.39. The van der Waals surface area contributed by atoms with Crippen LogP contribution in [0.15, 0.2) is 47.3 Å². The zero-order valence-corrected chi connectivity index (χ0v) is 21.8. The third-order valence-electron chi connectivity index (χ3n) is 6.92. The van der Waals surface area contributed by atoms with Crippen molar-refractivity contribution in [3.8, 4) is 56.9 Å². The first kappa shape index (κ1) is 24.4. The van der Waals surface area contributed by atoms with Crippen LogP contribution >= 0.6 is 0 Å². The van der Waals surface area contributed by atoms with Gasteiger partial charge in [0.25, 0.3) is 5.56 Å². The Morgan fingerprint density at radius 3 is 1.78 bits per heavy atom. The lowest BCUT2D eigenvalue weighted by Crippen LogP contribution is -2.27. The van der Waals surface area contributed by atoms with Crippen molar-refractivity contribution in [3.63, 3.8) is 0 Å². The maximum absolute atomic E-state index is 13.9. The van der Waals surface area contributed by atoms with Crippen LogP contribution in [0.4, 0.5) is 0 Å². The van der Waals surface area contributed by atoms with Gasteiger partial charge in [-0.2, -0.15) is 0 Å². The predicted molar refractivity (Wildman–Crippen MR) is 142 cm³/mol. The Morgan fingerprint density at radius 1 is 0.622 bits per heavy atom. The van der Waals surface area contributed by atoms with Crippen molar-refractivity contribution in [3.05, 3.63) is 58.4 Å². The van der Waals surface area contributed by atoms with E-state index in [-0.39, 0.29) is 5.56 Å². The van der Waals surface area contributed by atoms with E-state index in [0.717, 1.165) is 33.3 Å². The number of fused-ring (bicyclic) bond motifs is 4. The lowest BCUT2D eigenvalue weighted by atomic mass is 9.88. The van der Waals surface area contributed by atoms with Crippen molar-refractivity contribution in [2.24, 2.45) is 0 Å². The van der Waals surface area contributed by atoms with E-state index in [1.165, 1.54) is 0 Å². The molecule has 0 atom stereocenters. The molecule has 0 spiro atoms. The summed E-state index contributed by atoms with van der Waals surface area (Å²) in [6, 6.07) is 13.3. The summed E-state index contributed by atoms with van der Waals surface area (Å²) in [6.07, 6.45) is 0.673. The number of ether oxygens (including phenoxy) is 6. The average molecular weight is 504 g/mol. The molecule has 0 bridgehead atoms. The summed E-state index contributed by atoms with van der Waals surface area (Å²) < 4.78 is 35.3. The monoisotopic (exact) mass is 503 g/mol. The first-order chi connectivity index (χ1) is 18.0. The lowest BCUT2D eigenvalue weighted by molar-refractivity contribution is 0.354. The van der Waals surface area contributed by atoms with Gasteiger partial charge in [0.05, 0.1) is 53.7 Å². The predicted octanol–water partition coefficient (Wildman–Crippen LogP) is 4.94. The van der Waals surface area contributed by atoms with Gasteiger partial charge in [0.1, 0.15) is 0 Å². The summed E-state index contributed by atoms with van der Waals surface area (Å²) in [7, 11) is 9.57. The van der Waals surface area contributed by atoms with Gasteiger partial charge in [-0.05, 0) is 53.9 Å². The summed E-state index contributed by atoms with van der Waals surface area (Å²) in [4.78, 5) is 13.9. The Kier molecular flexibility index (Phi) is 6.33. The van der Waals surface area contributed by atoms with Gasteiger partial charge in [-0.3, -0.25) is 4.79 Å². The minimum absolute atomic E-state index is 0.101. The first-order valence-electron chi connectivity index (χ1n) is 11.8. The Bertz CT molecular complexity index is 1570. The highest BCUT2D eigenvalue weighted by atomic mass is 16.5. The summed E-state index contributed by atoms with van der Waals surface area (Å²) in [5.74, 6) is 3.47. The third-order valence-corrected chi connectivity index (χ3v) is 6.92. The topological polar surface area (TPSA) is 77.4 Å². The molecule has 0 N–H and O–H groups in total. The molecule has 8 heteroatoms. The molecular formula is C29H29NO7. The lowest BCUT2D eigenvalue weighted by Gasteiger charge is -2.27. The quantitative estimate of drug-likeness (QED) is 0.353. The molecule has 0 amide bonds. The van der Waals surface area contributed by atoms with Gasteiger partial charge in [0, 0.05) is 23.1 Å². The Morgan fingerprint density at radius 2 is 1.16 bits per heavy atom. The molecule has 37 heavy (non-hydrogen) atoms. The summed E-state index contributed by atoms with van der Waals surface area (Å²) in [5, 5.41) is 1.28. The molecule has 0 unspecified atom stereocenters. The molecule has 3 aromatic carbocycles. The van der Waals surface area contributed by atoms with Gasteiger partial charge in [0.2, 0.25) is 0 Å². The number of hydrogen-bond acceptors (Lipinski definition) is 7. The minimum atomic E-state index is -0.101. The van der Waals surface area contributed by atoms with Crippen LogP contribution in [0.5, 0.6) is 34.5 Å². The van der Waals surface area contributed by atoms with Crippen molar-refractivity contribution in [1.82, 2.24) is 4.57 Å². The van der Waals surface area contributed by atoms with Gasteiger partial charge in [0.15, 0.2) is 34.5 Å². The molecule has 0 saturated carbocycles. The highest BCUT2D eigenvalue weighted by Crippen LogP contribution is 2.47. The molecule has 4 aromatic rings. The fourth-order valence-corrected chi connectivity index (χ4v) is 5.13. The Hall–Kier alpha value is -4.33. The molecule has 5 rings (SSSR count). The number of nitrogens with zero attached hydrogens (tertiary/aromatic N) is 1. The summed E-state index contributed by atoms with van der Waals surface area (Å²) >= 11 is 0. The van der Waals surface area contributed by atoms with E-state index in [0.29, 0.717) is 52.8 Å². The SMILES string of the molecule is COc1ccc(-c2c3n(c(=O)c4cc(OC)c(OC)cc24)CCc2cc(OC)c(OC)cc2-3)cc1OC. The molecule has 0 radical (unpaired) electrons. The molecule has 192 valence electrons. The molecule has 0 fully saturated rings. The van der Waals surface area contributed by atoms with Gasteiger partial charge >= 0.3 is 0 Å². The van der Waals surface area contributed by atoms with E-state index in [9.17, 15) is 4.79 Å². The van der Waals surface area contributed by atoms with E-state index in [1.54, 1.807) is 48.7 Å². The second kappa shape index (κ2) is 9.61. The second-order valence-corrected chi connectivity index (χ2v) is 8.62. The highest BCUT2D eigenvalue weighted by molar-refractivity contribution is 6.05. The number of methoxy groups -OCH3 is 6. The molecule has 1 aliphatic rings. The number of aromatic nitrogens is 1. The fourth-order valence-electron chi connectivity index (χ4n) is 5.13. The van der Waals surface area contributed by atoms with Crippen LogP contribution in [0.25, 0.3) is 33.2 Å². The molecule has 1 aliphatic heterocycles. The summed E-state index contributed by atoms with van der Waals surface area (Å²) in [6.45, 7) is 0.515. The molecular weight excluding hydrogens is 474 g/mol. The van der Waals surface area contributed by atoms with E-state index >= 15 is 0 Å². The Balaban J connectivity index is 1.96. The van der Waals surface area contributed by atoms with Gasteiger partial charge < -0.3 is 33.0 Å². The van der Waals surface area contributed by atoms with Crippen molar-refractivity contribution >= 4 is 10.8 Å². The normalized spacial score (nSPS) is 11.9. The zero-order valence-electron chi connectivity index (χ0n) is 21.8. The molecule has 0 saturated heterocycles. The highest BCUT2D eigenvalue weighted by Gasteiger charge is 2.28. The van der Waals surface area contributed by atoms with E-state index in [1.807, 2.05) is 41.0 Å². The van der Waals surface area contributed by atoms with Gasteiger partial charge in [-0.25, -0.2) is 0 Å². The maximum atomic E-state index is 13.9. The van der Waals surface area contributed by atoms with E-state index in [2.05, 4.69) is 0 Å². The number of benzene rings is 3. The van der Waals surface area contributed by atoms with Crippen LogP contribution in [0, 0.1) is 0 Å². The largest absolute Gasteiger partial charge is 0.493 e. The number of pyridine rings is 1. The zero-order chi connectivity index (χ0) is 26.3. The van der Waals surface area contributed by atoms with Crippen LogP contribution < -0.4 is 34.0 Å². The van der Waals surface area contributed by atoms with E-state index < -0.39 is 0 Å².